The lowest BCUT2D eigenvalue weighted by Crippen LogP contribution is -2.14. The van der Waals surface area contributed by atoms with Crippen molar-refractivity contribution in [1.82, 2.24) is 9.55 Å². The first-order chi connectivity index (χ1) is 14.4. The maximum absolute atomic E-state index is 12.7. The summed E-state index contributed by atoms with van der Waals surface area (Å²) in [6, 6.07) is 9.71. The number of ether oxygens (including phenoxy) is 3. The zero-order chi connectivity index (χ0) is 21.8. The summed E-state index contributed by atoms with van der Waals surface area (Å²) in [6.45, 7) is 7.98. The molecule has 0 aliphatic rings. The number of esters is 1. The van der Waals surface area contributed by atoms with Gasteiger partial charge in [-0.05, 0) is 51.0 Å². The molecular formula is C23H29N3O4. The molecular weight excluding hydrogens is 382 g/mol. The van der Waals surface area contributed by atoms with Gasteiger partial charge in [-0.15, -0.1) is 0 Å². The lowest BCUT2D eigenvalue weighted by atomic mass is 10.1. The first-order valence-corrected chi connectivity index (χ1v) is 10.2. The fraction of sp³-hybridized carbons (Fsp3) is 0.391. The van der Waals surface area contributed by atoms with E-state index in [1.165, 1.54) is 0 Å². The number of methoxy groups -OCH3 is 1. The first kappa shape index (κ1) is 21.5. The minimum atomic E-state index is -0.422. The van der Waals surface area contributed by atoms with Gasteiger partial charge in [0.1, 0.15) is 17.1 Å². The van der Waals surface area contributed by atoms with Crippen molar-refractivity contribution in [1.29, 1.82) is 0 Å². The van der Waals surface area contributed by atoms with Crippen molar-refractivity contribution in [2.45, 2.75) is 40.2 Å². The van der Waals surface area contributed by atoms with Crippen LogP contribution in [0.2, 0.25) is 0 Å². The van der Waals surface area contributed by atoms with Crippen molar-refractivity contribution < 1.29 is 19.0 Å². The van der Waals surface area contributed by atoms with E-state index in [2.05, 4.69) is 12.2 Å². The van der Waals surface area contributed by atoms with Gasteiger partial charge in [0.15, 0.2) is 11.4 Å². The highest BCUT2D eigenvalue weighted by Gasteiger charge is 2.26. The highest BCUT2D eigenvalue weighted by Crippen LogP contribution is 2.36. The molecule has 2 heterocycles. The summed E-state index contributed by atoms with van der Waals surface area (Å²) >= 11 is 0. The summed E-state index contributed by atoms with van der Waals surface area (Å²) < 4.78 is 18.4. The summed E-state index contributed by atoms with van der Waals surface area (Å²) in [5, 5.41) is 3.38. The Morgan fingerprint density at radius 2 is 2.00 bits per heavy atom. The van der Waals surface area contributed by atoms with Crippen LogP contribution in [0.1, 0.15) is 43.7 Å². The highest BCUT2D eigenvalue weighted by molar-refractivity contribution is 6.01. The van der Waals surface area contributed by atoms with Crippen LogP contribution in [0.5, 0.6) is 11.5 Å². The third kappa shape index (κ3) is 4.20. The Morgan fingerprint density at radius 1 is 1.23 bits per heavy atom. The molecule has 160 valence electrons. The lowest BCUT2D eigenvalue weighted by Gasteiger charge is -2.13. The molecule has 0 spiro atoms. The van der Waals surface area contributed by atoms with Crippen LogP contribution in [0.3, 0.4) is 0 Å². The number of pyridine rings is 1. The van der Waals surface area contributed by atoms with Gasteiger partial charge < -0.3 is 24.1 Å². The number of nitrogens with zero attached hydrogens (tertiary/aromatic N) is 2. The van der Waals surface area contributed by atoms with Crippen molar-refractivity contribution in [3.05, 3.63) is 41.6 Å². The molecule has 0 fully saturated rings. The molecule has 0 amide bonds. The molecule has 0 atom stereocenters. The molecule has 2 aromatic heterocycles. The Morgan fingerprint density at radius 3 is 2.63 bits per heavy atom. The predicted octanol–water partition coefficient (Wildman–Crippen LogP) is 4.85. The van der Waals surface area contributed by atoms with E-state index in [1.807, 2.05) is 51.2 Å². The van der Waals surface area contributed by atoms with Gasteiger partial charge in [0, 0.05) is 18.8 Å². The molecule has 3 rings (SSSR count). The number of aromatic nitrogens is 2. The van der Waals surface area contributed by atoms with Gasteiger partial charge in [0.05, 0.1) is 25.3 Å². The zero-order valence-corrected chi connectivity index (χ0v) is 18.4. The number of fused-ring (bicyclic) bond motifs is 1. The molecule has 0 aliphatic heterocycles. The maximum Gasteiger partial charge on any atom is 0.358 e. The van der Waals surface area contributed by atoms with Crippen LogP contribution >= 0.6 is 0 Å². The van der Waals surface area contributed by atoms with Crippen molar-refractivity contribution in [2.24, 2.45) is 7.05 Å². The second-order valence-electron chi connectivity index (χ2n) is 7.20. The summed E-state index contributed by atoms with van der Waals surface area (Å²) in [5.74, 6) is 1.49. The van der Waals surface area contributed by atoms with Gasteiger partial charge in [0.25, 0.3) is 0 Å². The van der Waals surface area contributed by atoms with Gasteiger partial charge in [-0.3, -0.25) is 0 Å². The Balaban J connectivity index is 2.18. The Kier molecular flexibility index (Phi) is 6.50. The van der Waals surface area contributed by atoms with Crippen LogP contribution in [0.25, 0.3) is 11.0 Å². The lowest BCUT2D eigenvalue weighted by molar-refractivity contribution is 0.0509. The largest absolute Gasteiger partial charge is 0.497 e. The Labute approximate surface area is 177 Å². The van der Waals surface area contributed by atoms with Crippen LogP contribution in [0.15, 0.2) is 30.3 Å². The molecule has 0 radical (unpaired) electrons. The molecule has 0 aliphatic carbocycles. The topological polar surface area (TPSA) is 74.6 Å². The summed E-state index contributed by atoms with van der Waals surface area (Å²) in [7, 11) is 3.47. The normalized spacial score (nSPS) is 11.0. The highest BCUT2D eigenvalue weighted by atomic mass is 16.5. The zero-order valence-electron chi connectivity index (χ0n) is 18.4. The van der Waals surface area contributed by atoms with Crippen LogP contribution in [-0.4, -0.2) is 35.3 Å². The van der Waals surface area contributed by atoms with Crippen LogP contribution in [0.4, 0.5) is 11.5 Å². The standard InChI is InChI=1S/C23H29N3O4/c1-7-15-12-18-19(25-22(15)24-16-10-9-11-17(13-16)28-6)21(30-14(3)4)20(26(18)5)23(27)29-8-2/h9-14H,7-8H2,1-6H3,(H,24,25). The second-order valence-corrected chi connectivity index (χ2v) is 7.20. The number of aryl methyl sites for hydroxylation is 2. The summed E-state index contributed by atoms with van der Waals surface area (Å²) in [6.07, 6.45) is 0.654. The summed E-state index contributed by atoms with van der Waals surface area (Å²) in [5.41, 5.74) is 3.70. The number of anilines is 2. The fourth-order valence-corrected chi connectivity index (χ4v) is 3.34. The van der Waals surface area contributed by atoms with E-state index in [-0.39, 0.29) is 12.7 Å². The number of nitrogens with one attached hydrogen (secondary N) is 1. The van der Waals surface area contributed by atoms with E-state index in [9.17, 15) is 4.79 Å². The van der Waals surface area contributed by atoms with E-state index in [0.717, 1.165) is 28.9 Å². The summed E-state index contributed by atoms with van der Waals surface area (Å²) in [4.78, 5) is 17.5. The molecule has 1 aromatic carbocycles. The van der Waals surface area contributed by atoms with Crippen molar-refractivity contribution in [3.8, 4) is 11.5 Å². The predicted molar refractivity (Wildman–Crippen MR) is 118 cm³/mol. The SMILES string of the molecule is CCOC(=O)c1c(OC(C)C)c2nc(Nc3cccc(OC)c3)c(CC)cc2n1C. The average molecular weight is 412 g/mol. The molecule has 1 N–H and O–H groups in total. The monoisotopic (exact) mass is 411 g/mol. The average Bonchev–Trinajstić information content (AvgIpc) is 2.98. The van der Waals surface area contributed by atoms with Gasteiger partial charge in [0.2, 0.25) is 0 Å². The van der Waals surface area contributed by atoms with E-state index in [4.69, 9.17) is 19.2 Å². The number of carbonyl (C=O) groups excluding carboxylic acids is 1. The van der Waals surface area contributed by atoms with Crippen LogP contribution in [-0.2, 0) is 18.2 Å². The minimum Gasteiger partial charge on any atom is -0.497 e. The smallest absolute Gasteiger partial charge is 0.358 e. The Hall–Kier alpha value is -3.22. The molecule has 0 saturated carbocycles. The van der Waals surface area contributed by atoms with Crippen molar-refractivity contribution in [2.75, 3.05) is 19.0 Å². The van der Waals surface area contributed by atoms with Crippen LogP contribution < -0.4 is 14.8 Å². The first-order valence-electron chi connectivity index (χ1n) is 10.2. The molecule has 0 unspecified atom stereocenters. The third-order valence-corrected chi connectivity index (χ3v) is 4.74. The molecule has 0 bridgehead atoms. The van der Waals surface area contributed by atoms with E-state index >= 15 is 0 Å². The van der Waals surface area contributed by atoms with Gasteiger partial charge in [-0.2, -0.15) is 0 Å². The van der Waals surface area contributed by atoms with Gasteiger partial charge >= 0.3 is 5.97 Å². The number of rotatable bonds is 8. The van der Waals surface area contributed by atoms with Gasteiger partial charge in [-0.1, -0.05) is 13.0 Å². The van der Waals surface area contributed by atoms with E-state index < -0.39 is 5.97 Å². The van der Waals surface area contributed by atoms with E-state index in [1.54, 1.807) is 18.6 Å². The maximum atomic E-state index is 12.7. The molecule has 7 heteroatoms. The Bertz CT molecular complexity index is 1060. The molecule has 3 aromatic rings. The van der Waals surface area contributed by atoms with Crippen molar-refractivity contribution >= 4 is 28.5 Å². The molecule has 30 heavy (non-hydrogen) atoms. The molecule has 0 saturated heterocycles. The van der Waals surface area contributed by atoms with Crippen LogP contribution in [0, 0.1) is 0 Å². The quantitative estimate of drug-likeness (QED) is 0.534. The number of carbonyl (C=O) groups is 1. The number of benzene rings is 1. The second kappa shape index (κ2) is 9.07. The number of hydrogen-bond acceptors (Lipinski definition) is 6. The van der Waals surface area contributed by atoms with Crippen molar-refractivity contribution in [3.63, 3.8) is 0 Å². The minimum absolute atomic E-state index is 0.119. The third-order valence-electron chi connectivity index (χ3n) is 4.74. The molecule has 7 nitrogen and oxygen atoms in total. The fourth-order valence-electron chi connectivity index (χ4n) is 3.34. The number of hydrogen-bond donors (Lipinski definition) is 1. The van der Waals surface area contributed by atoms with Gasteiger partial charge in [-0.25, -0.2) is 9.78 Å². The van der Waals surface area contributed by atoms with E-state index in [0.29, 0.717) is 22.8 Å².